The fraction of sp³-hybridized carbons (Fsp3) is 0.375. The molecule has 0 spiro atoms. The molecule has 0 saturated carbocycles. The molecule has 2 amide bonds. The Kier molecular flexibility index (Phi) is 5.15. The number of nitrogens with one attached hydrogen (secondary N) is 1. The molecule has 0 unspecified atom stereocenters. The van der Waals surface area contributed by atoms with Crippen molar-refractivity contribution < 1.29 is 19.6 Å². The van der Waals surface area contributed by atoms with Crippen molar-refractivity contribution >= 4 is 34.8 Å². The highest BCUT2D eigenvalue weighted by Gasteiger charge is 2.33. The standard InChI is InChI=1S/C16H18ClN3O5/c1-16(2,3)9-6-10(17)14(12(7-9)20(24)25)18-11-8-13(22)19(4-5-21)15(11)23/h6-8,18,21H,4-5H2,1-3H3. The highest BCUT2D eigenvalue weighted by atomic mass is 35.5. The van der Waals surface area contributed by atoms with E-state index in [2.05, 4.69) is 5.32 Å². The van der Waals surface area contributed by atoms with Crippen LogP contribution in [0.25, 0.3) is 0 Å². The van der Waals surface area contributed by atoms with Crippen LogP contribution in [0.15, 0.2) is 23.9 Å². The summed E-state index contributed by atoms with van der Waals surface area (Å²) in [5.41, 5.74) is -0.174. The van der Waals surface area contributed by atoms with Gasteiger partial charge in [-0.3, -0.25) is 24.6 Å². The summed E-state index contributed by atoms with van der Waals surface area (Å²) >= 11 is 6.20. The Morgan fingerprint density at radius 2 is 1.96 bits per heavy atom. The van der Waals surface area contributed by atoms with Crippen molar-refractivity contribution in [3.63, 3.8) is 0 Å². The Morgan fingerprint density at radius 1 is 1.32 bits per heavy atom. The van der Waals surface area contributed by atoms with Gasteiger partial charge in [-0.05, 0) is 17.0 Å². The van der Waals surface area contributed by atoms with E-state index in [0.29, 0.717) is 5.56 Å². The minimum Gasteiger partial charge on any atom is -0.395 e. The summed E-state index contributed by atoms with van der Waals surface area (Å²) in [5, 5.41) is 23.0. The average Bonchev–Trinajstić information content (AvgIpc) is 2.75. The number of rotatable bonds is 5. The first kappa shape index (κ1) is 18.9. The Balaban J connectivity index is 2.44. The number of halogens is 1. The summed E-state index contributed by atoms with van der Waals surface area (Å²) in [6.45, 7) is 5.15. The third-order valence-corrected chi connectivity index (χ3v) is 4.02. The molecule has 0 bridgehead atoms. The lowest BCUT2D eigenvalue weighted by atomic mass is 9.86. The van der Waals surface area contributed by atoms with Crippen LogP contribution in [0.3, 0.4) is 0 Å². The number of benzene rings is 1. The predicted octanol–water partition coefficient (Wildman–Crippen LogP) is 2.20. The Bertz CT molecular complexity index is 783. The molecule has 2 N–H and O–H groups in total. The second-order valence-electron chi connectivity index (χ2n) is 6.56. The number of carbonyl (C=O) groups is 2. The molecule has 1 aliphatic heterocycles. The monoisotopic (exact) mass is 367 g/mol. The number of hydrogen-bond donors (Lipinski definition) is 2. The van der Waals surface area contributed by atoms with Crippen molar-refractivity contribution in [1.82, 2.24) is 4.90 Å². The second-order valence-corrected chi connectivity index (χ2v) is 6.97. The number of nitrogens with zero attached hydrogens (tertiary/aromatic N) is 2. The minimum absolute atomic E-state index is 0.0575. The van der Waals surface area contributed by atoms with Crippen LogP contribution in [0.4, 0.5) is 11.4 Å². The smallest absolute Gasteiger partial charge is 0.294 e. The van der Waals surface area contributed by atoms with Crippen LogP contribution in [0, 0.1) is 10.1 Å². The number of carbonyl (C=O) groups excluding carboxylic acids is 2. The lowest BCUT2D eigenvalue weighted by Crippen LogP contribution is -2.34. The van der Waals surface area contributed by atoms with Gasteiger partial charge in [0.05, 0.1) is 23.1 Å². The van der Waals surface area contributed by atoms with Gasteiger partial charge in [0.1, 0.15) is 11.4 Å². The highest BCUT2D eigenvalue weighted by Crippen LogP contribution is 2.38. The fourth-order valence-electron chi connectivity index (χ4n) is 2.34. The number of aliphatic hydroxyl groups excluding tert-OH is 1. The molecule has 0 radical (unpaired) electrons. The van der Waals surface area contributed by atoms with Crippen LogP contribution in [-0.4, -0.2) is 39.9 Å². The van der Waals surface area contributed by atoms with Crippen LogP contribution >= 0.6 is 11.6 Å². The van der Waals surface area contributed by atoms with Gasteiger partial charge in [-0.1, -0.05) is 32.4 Å². The first-order valence-corrected chi connectivity index (χ1v) is 7.88. The predicted molar refractivity (Wildman–Crippen MR) is 92.3 cm³/mol. The van der Waals surface area contributed by atoms with Gasteiger partial charge in [0.25, 0.3) is 17.5 Å². The van der Waals surface area contributed by atoms with Crippen molar-refractivity contribution in [1.29, 1.82) is 0 Å². The van der Waals surface area contributed by atoms with Gasteiger partial charge < -0.3 is 10.4 Å². The summed E-state index contributed by atoms with van der Waals surface area (Å²) < 4.78 is 0. The first-order valence-electron chi connectivity index (χ1n) is 7.50. The Labute approximate surface area is 149 Å². The number of nitro benzene ring substituents is 1. The lowest BCUT2D eigenvalue weighted by Gasteiger charge is -2.20. The van der Waals surface area contributed by atoms with Crippen LogP contribution in [-0.2, 0) is 15.0 Å². The van der Waals surface area contributed by atoms with Gasteiger partial charge in [0.2, 0.25) is 0 Å². The summed E-state index contributed by atoms with van der Waals surface area (Å²) in [6.07, 6.45) is 1.02. The lowest BCUT2D eigenvalue weighted by molar-refractivity contribution is -0.384. The number of β-amino-alcohol motifs (C(OH)–C–C–N with tert-alkyl or cyclic N) is 1. The largest absolute Gasteiger partial charge is 0.395 e. The van der Waals surface area contributed by atoms with Crippen molar-refractivity contribution in [3.05, 3.63) is 44.6 Å². The van der Waals surface area contributed by atoms with Gasteiger partial charge in [-0.15, -0.1) is 0 Å². The summed E-state index contributed by atoms with van der Waals surface area (Å²) in [7, 11) is 0. The third-order valence-electron chi connectivity index (χ3n) is 3.72. The van der Waals surface area contributed by atoms with Gasteiger partial charge in [0.15, 0.2) is 0 Å². The molecule has 1 aromatic rings. The van der Waals surface area contributed by atoms with Crippen LogP contribution in [0.5, 0.6) is 0 Å². The van der Waals surface area contributed by atoms with Crippen molar-refractivity contribution in [2.75, 3.05) is 18.5 Å². The molecule has 25 heavy (non-hydrogen) atoms. The van der Waals surface area contributed by atoms with Crippen molar-refractivity contribution in [2.24, 2.45) is 0 Å². The number of hydrogen-bond acceptors (Lipinski definition) is 6. The Morgan fingerprint density at radius 3 is 2.48 bits per heavy atom. The molecule has 0 aliphatic carbocycles. The molecule has 2 rings (SSSR count). The molecule has 1 heterocycles. The normalized spacial score (nSPS) is 14.8. The van der Waals surface area contributed by atoms with E-state index in [9.17, 15) is 19.7 Å². The molecular formula is C16H18ClN3O5. The van der Waals surface area contributed by atoms with Crippen LogP contribution < -0.4 is 5.32 Å². The first-order chi connectivity index (χ1) is 11.6. The number of anilines is 1. The molecule has 0 aromatic heterocycles. The average molecular weight is 368 g/mol. The number of nitro groups is 1. The van der Waals surface area contributed by atoms with E-state index in [-0.39, 0.29) is 40.7 Å². The molecule has 0 saturated heterocycles. The van der Waals surface area contributed by atoms with Gasteiger partial charge in [0, 0.05) is 12.1 Å². The summed E-state index contributed by atoms with van der Waals surface area (Å²) in [6, 6.07) is 2.98. The molecular weight excluding hydrogens is 350 g/mol. The number of amides is 2. The Hall–Kier alpha value is -2.45. The molecule has 1 aromatic carbocycles. The van der Waals surface area contributed by atoms with Gasteiger partial charge >= 0.3 is 0 Å². The highest BCUT2D eigenvalue weighted by molar-refractivity contribution is 6.34. The second kappa shape index (κ2) is 6.81. The molecule has 0 atom stereocenters. The van der Waals surface area contributed by atoms with E-state index in [1.54, 1.807) is 6.07 Å². The zero-order valence-corrected chi connectivity index (χ0v) is 14.8. The van der Waals surface area contributed by atoms with E-state index in [4.69, 9.17) is 16.7 Å². The fourth-order valence-corrected chi connectivity index (χ4v) is 2.60. The quantitative estimate of drug-likeness (QED) is 0.468. The van der Waals surface area contributed by atoms with Gasteiger partial charge in [-0.25, -0.2) is 0 Å². The van der Waals surface area contributed by atoms with Crippen molar-refractivity contribution in [2.45, 2.75) is 26.2 Å². The SMILES string of the molecule is CC(C)(C)c1cc(Cl)c(NC2=CC(=O)N(CCO)C2=O)c([N+](=O)[O-])c1. The van der Waals surface area contributed by atoms with Crippen molar-refractivity contribution in [3.8, 4) is 0 Å². The summed E-state index contributed by atoms with van der Waals surface area (Å²) in [5.74, 6) is -1.28. The zero-order chi connectivity index (χ0) is 18.9. The number of imide groups is 1. The van der Waals surface area contributed by atoms with E-state index < -0.39 is 16.7 Å². The molecule has 1 aliphatic rings. The van der Waals surface area contributed by atoms with E-state index in [1.807, 2.05) is 20.8 Å². The van der Waals surface area contributed by atoms with Crippen LogP contribution in [0.1, 0.15) is 26.3 Å². The van der Waals surface area contributed by atoms with E-state index in [1.165, 1.54) is 6.07 Å². The molecule has 0 fully saturated rings. The van der Waals surface area contributed by atoms with E-state index in [0.717, 1.165) is 11.0 Å². The van der Waals surface area contributed by atoms with Crippen LogP contribution in [0.2, 0.25) is 5.02 Å². The number of aliphatic hydroxyl groups is 1. The zero-order valence-electron chi connectivity index (χ0n) is 14.0. The molecule has 8 nitrogen and oxygen atoms in total. The van der Waals surface area contributed by atoms with E-state index >= 15 is 0 Å². The van der Waals surface area contributed by atoms with Gasteiger partial charge in [-0.2, -0.15) is 0 Å². The molecule has 134 valence electrons. The minimum atomic E-state index is -0.677. The maximum absolute atomic E-state index is 12.2. The topological polar surface area (TPSA) is 113 Å². The summed E-state index contributed by atoms with van der Waals surface area (Å²) in [4.78, 5) is 35.6. The third kappa shape index (κ3) is 3.80. The maximum atomic E-state index is 12.2. The maximum Gasteiger partial charge on any atom is 0.294 e. The molecule has 9 heteroatoms.